The maximum absolute atomic E-state index is 4.11. The standard InChI is InChI=1S/C12H16N4/c1-9-3-5-11(6-4-9)7-13-10(2)12-14-8-15-16-12/h3-6,8,10,13H,7H2,1-2H3,(H,14,15,16). The normalized spacial score (nSPS) is 12.6. The van der Waals surface area contributed by atoms with Gasteiger partial charge in [0.2, 0.25) is 0 Å². The number of aromatic amines is 1. The number of aromatic nitrogens is 3. The fraction of sp³-hybridized carbons (Fsp3) is 0.333. The highest BCUT2D eigenvalue weighted by atomic mass is 15.2. The highest BCUT2D eigenvalue weighted by Crippen LogP contribution is 2.07. The molecule has 2 rings (SSSR count). The van der Waals surface area contributed by atoms with Gasteiger partial charge < -0.3 is 5.32 Å². The third kappa shape index (κ3) is 2.67. The van der Waals surface area contributed by atoms with Gasteiger partial charge in [-0.05, 0) is 19.4 Å². The molecule has 0 bridgehead atoms. The zero-order valence-corrected chi connectivity index (χ0v) is 9.57. The van der Waals surface area contributed by atoms with Crippen molar-refractivity contribution in [3.05, 3.63) is 47.5 Å². The Kier molecular flexibility index (Phi) is 3.31. The van der Waals surface area contributed by atoms with Crippen molar-refractivity contribution in [2.24, 2.45) is 0 Å². The van der Waals surface area contributed by atoms with Crippen molar-refractivity contribution in [3.63, 3.8) is 0 Å². The molecule has 1 unspecified atom stereocenters. The molecule has 0 aliphatic rings. The number of hydrogen-bond donors (Lipinski definition) is 2. The number of nitrogens with one attached hydrogen (secondary N) is 2. The lowest BCUT2D eigenvalue weighted by Crippen LogP contribution is -2.19. The molecule has 4 heteroatoms. The fourth-order valence-corrected chi connectivity index (χ4v) is 1.50. The minimum atomic E-state index is 0.184. The van der Waals surface area contributed by atoms with E-state index in [4.69, 9.17) is 0 Å². The minimum absolute atomic E-state index is 0.184. The topological polar surface area (TPSA) is 53.6 Å². The lowest BCUT2D eigenvalue weighted by molar-refractivity contribution is 0.548. The van der Waals surface area contributed by atoms with Crippen LogP contribution in [0.1, 0.15) is 29.9 Å². The Morgan fingerprint density at radius 1 is 1.31 bits per heavy atom. The van der Waals surface area contributed by atoms with E-state index in [2.05, 4.69) is 58.6 Å². The van der Waals surface area contributed by atoms with Crippen molar-refractivity contribution < 1.29 is 0 Å². The summed E-state index contributed by atoms with van der Waals surface area (Å²) in [6, 6.07) is 8.70. The van der Waals surface area contributed by atoms with Gasteiger partial charge in [-0.25, -0.2) is 4.98 Å². The van der Waals surface area contributed by atoms with Gasteiger partial charge in [0.25, 0.3) is 0 Å². The van der Waals surface area contributed by atoms with E-state index in [-0.39, 0.29) is 6.04 Å². The van der Waals surface area contributed by atoms with E-state index < -0.39 is 0 Å². The van der Waals surface area contributed by atoms with Crippen LogP contribution in [0.25, 0.3) is 0 Å². The van der Waals surface area contributed by atoms with Crippen LogP contribution in [0.4, 0.5) is 0 Å². The Bertz CT molecular complexity index is 419. The Hall–Kier alpha value is -1.68. The van der Waals surface area contributed by atoms with Gasteiger partial charge in [-0.3, -0.25) is 5.10 Å². The smallest absolute Gasteiger partial charge is 0.141 e. The summed E-state index contributed by atoms with van der Waals surface area (Å²) in [6.07, 6.45) is 1.53. The summed E-state index contributed by atoms with van der Waals surface area (Å²) in [6.45, 7) is 4.99. The van der Waals surface area contributed by atoms with E-state index in [1.807, 2.05) is 0 Å². The first kappa shape index (κ1) is 10.8. The van der Waals surface area contributed by atoms with E-state index >= 15 is 0 Å². The van der Waals surface area contributed by atoms with Crippen LogP contribution in [0.5, 0.6) is 0 Å². The van der Waals surface area contributed by atoms with Crippen LogP contribution < -0.4 is 5.32 Å². The number of benzene rings is 1. The number of aryl methyl sites for hydroxylation is 1. The molecule has 0 saturated carbocycles. The summed E-state index contributed by atoms with van der Waals surface area (Å²) in [7, 11) is 0. The van der Waals surface area contributed by atoms with Crippen molar-refractivity contribution >= 4 is 0 Å². The molecule has 1 heterocycles. The van der Waals surface area contributed by atoms with Gasteiger partial charge in [0.05, 0.1) is 6.04 Å². The van der Waals surface area contributed by atoms with Gasteiger partial charge in [0.15, 0.2) is 0 Å². The van der Waals surface area contributed by atoms with Gasteiger partial charge in [-0.1, -0.05) is 29.8 Å². The molecule has 0 aliphatic heterocycles. The molecule has 4 nitrogen and oxygen atoms in total. The van der Waals surface area contributed by atoms with E-state index in [1.54, 1.807) is 0 Å². The van der Waals surface area contributed by atoms with Gasteiger partial charge in [-0.15, -0.1) is 0 Å². The average Bonchev–Trinajstić information content (AvgIpc) is 2.81. The number of H-pyrrole nitrogens is 1. The molecule has 0 saturated heterocycles. The SMILES string of the molecule is Cc1ccc(CNC(C)c2ncn[nH]2)cc1. The highest BCUT2D eigenvalue weighted by Gasteiger charge is 2.06. The number of rotatable bonds is 4. The van der Waals surface area contributed by atoms with Crippen molar-refractivity contribution in [1.29, 1.82) is 0 Å². The van der Waals surface area contributed by atoms with Crippen molar-refractivity contribution in [2.45, 2.75) is 26.4 Å². The lowest BCUT2D eigenvalue weighted by atomic mass is 10.1. The zero-order valence-electron chi connectivity index (χ0n) is 9.57. The Morgan fingerprint density at radius 3 is 2.69 bits per heavy atom. The first-order valence-electron chi connectivity index (χ1n) is 5.40. The van der Waals surface area contributed by atoms with Crippen molar-refractivity contribution in [2.75, 3.05) is 0 Å². The molecule has 0 spiro atoms. The van der Waals surface area contributed by atoms with Gasteiger partial charge in [0, 0.05) is 6.54 Å². The van der Waals surface area contributed by atoms with Crippen molar-refractivity contribution in [1.82, 2.24) is 20.5 Å². The van der Waals surface area contributed by atoms with E-state index in [9.17, 15) is 0 Å². The van der Waals surface area contributed by atoms with Gasteiger partial charge >= 0.3 is 0 Å². The quantitative estimate of drug-likeness (QED) is 0.821. The van der Waals surface area contributed by atoms with Crippen LogP contribution in [0.15, 0.2) is 30.6 Å². The molecule has 84 valence electrons. The fourth-order valence-electron chi connectivity index (χ4n) is 1.50. The van der Waals surface area contributed by atoms with Gasteiger partial charge in [0.1, 0.15) is 12.2 Å². The third-order valence-electron chi connectivity index (χ3n) is 2.58. The second kappa shape index (κ2) is 4.90. The second-order valence-corrected chi connectivity index (χ2v) is 3.96. The predicted molar refractivity (Wildman–Crippen MR) is 62.8 cm³/mol. The summed E-state index contributed by atoms with van der Waals surface area (Å²) in [5.41, 5.74) is 2.56. The molecule has 1 aromatic carbocycles. The Labute approximate surface area is 95.1 Å². The second-order valence-electron chi connectivity index (χ2n) is 3.96. The largest absolute Gasteiger partial charge is 0.303 e. The molecular formula is C12H16N4. The number of hydrogen-bond acceptors (Lipinski definition) is 3. The van der Waals surface area contributed by atoms with Crippen LogP contribution in [-0.2, 0) is 6.54 Å². The first-order valence-corrected chi connectivity index (χ1v) is 5.40. The van der Waals surface area contributed by atoms with Crippen molar-refractivity contribution in [3.8, 4) is 0 Å². The third-order valence-corrected chi connectivity index (χ3v) is 2.58. The molecule has 1 aromatic heterocycles. The van der Waals surface area contributed by atoms with Crippen LogP contribution in [0, 0.1) is 6.92 Å². The average molecular weight is 216 g/mol. The molecule has 2 aromatic rings. The molecule has 0 aliphatic carbocycles. The minimum Gasteiger partial charge on any atom is -0.303 e. The summed E-state index contributed by atoms with van der Waals surface area (Å²) in [4.78, 5) is 4.11. The summed E-state index contributed by atoms with van der Waals surface area (Å²) in [5.74, 6) is 0.868. The summed E-state index contributed by atoms with van der Waals surface area (Å²) >= 11 is 0. The lowest BCUT2D eigenvalue weighted by Gasteiger charge is -2.10. The molecule has 1 atom stereocenters. The maximum Gasteiger partial charge on any atom is 0.141 e. The summed E-state index contributed by atoms with van der Waals surface area (Å²) < 4.78 is 0. The predicted octanol–water partition coefficient (Wildman–Crippen LogP) is 1.96. The molecule has 0 amide bonds. The van der Waals surface area contributed by atoms with Crippen LogP contribution in [0.2, 0.25) is 0 Å². The zero-order chi connectivity index (χ0) is 11.4. The molecular weight excluding hydrogens is 200 g/mol. The summed E-state index contributed by atoms with van der Waals surface area (Å²) in [5, 5.41) is 10.1. The molecule has 0 radical (unpaired) electrons. The van der Waals surface area contributed by atoms with Crippen LogP contribution in [0.3, 0.4) is 0 Å². The Balaban J connectivity index is 1.90. The van der Waals surface area contributed by atoms with Crippen LogP contribution >= 0.6 is 0 Å². The van der Waals surface area contributed by atoms with E-state index in [0.717, 1.165) is 12.4 Å². The van der Waals surface area contributed by atoms with E-state index in [0.29, 0.717) is 0 Å². The maximum atomic E-state index is 4.11. The Morgan fingerprint density at radius 2 is 2.06 bits per heavy atom. The first-order chi connectivity index (χ1) is 7.75. The molecule has 16 heavy (non-hydrogen) atoms. The highest BCUT2D eigenvalue weighted by molar-refractivity contribution is 5.21. The van der Waals surface area contributed by atoms with Crippen LogP contribution in [-0.4, -0.2) is 15.2 Å². The molecule has 0 fully saturated rings. The van der Waals surface area contributed by atoms with Gasteiger partial charge in [-0.2, -0.15) is 5.10 Å². The number of nitrogens with zero attached hydrogens (tertiary/aromatic N) is 2. The monoisotopic (exact) mass is 216 g/mol. The van der Waals surface area contributed by atoms with E-state index in [1.165, 1.54) is 17.5 Å². The molecule has 2 N–H and O–H groups in total.